The van der Waals surface area contributed by atoms with Crippen LogP contribution in [0, 0.1) is 5.41 Å². The van der Waals surface area contributed by atoms with E-state index >= 15 is 0 Å². The number of benzene rings is 2. The van der Waals surface area contributed by atoms with E-state index in [1.807, 2.05) is 64.1 Å². The standard InChI is InChI=1S/C20H25NO2/c1-6-13-20(4,5)19(22)21-17-11-12-18(23-14(2)3)16-10-8-7-9-15(16)17/h6-12,14H,1,13H2,2-5H3,(H,21,22). The van der Waals surface area contributed by atoms with Gasteiger partial charge in [-0.25, -0.2) is 0 Å². The Labute approximate surface area is 138 Å². The Morgan fingerprint density at radius 2 is 1.87 bits per heavy atom. The summed E-state index contributed by atoms with van der Waals surface area (Å²) in [5, 5.41) is 5.03. The van der Waals surface area contributed by atoms with E-state index < -0.39 is 5.41 Å². The second kappa shape index (κ2) is 6.86. The third-order valence-corrected chi connectivity index (χ3v) is 3.76. The number of fused-ring (bicyclic) bond motifs is 1. The van der Waals surface area contributed by atoms with Gasteiger partial charge in [-0.3, -0.25) is 4.79 Å². The van der Waals surface area contributed by atoms with E-state index in [0.717, 1.165) is 22.2 Å². The number of hydrogen-bond acceptors (Lipinski definition) is 2. The number of anilines is 1. The molecule has 3 heteroatoms. The first kappa shape index (κ1) is 17.1. The molecule has 0 bridgehead atoms. The second-order valence-electron chi connectivity index (χ2n) is 6.65. The first-order valence-corrected chi connectivity index (χ1v) is 7.96. The number of nitrogens with one attached hydrogen (secondary N) is 1. The molecule has 0 aliphatic carbocycles. The molecule has 0 spiro atoms. The Bertz CT molecular complexity index is 717. The average molecular weight is 311 g/mol. The highest BCUT2D eigenvalue weighted by atomic mass is 16.5. The molecule has 2 aromatic carbocycles. The van der Waals surface area contributed by atoms with E-state index in [0.29, 0.717) is 6.42 Å². The monoisotopic (exact) mass is 311 g/mol. The fourth-order valence-corrected chi connectivity index (χ4v) is 2.48. The van der Waals surface area contributed by atoms with Crippen molar-refractivity contribution < 1.29 is 9.53 Å². The summed E-state index contributed by atoms with van der Waals surface area (Å²) < 4.78 is 5.87. The first-order valence-electron chi connectivity index (χ1n) is 7.96. The van der Waals surface area contributed by atoms with Crippen LogP contribution in [0.3, 0.4) is 0 Å². The number of carbonyl (C=O) groups excluding carboxylic acids is 1. The molecular weight excluding hydrogens is 286 g/mol. The van der Waals surface area contributed by atoms with E-state index in [-0.39, 0.29) is 12.0 Å². The van der Waals surface area contributed by atoms with Gasteiger partial charge in [-0.1, -0.05) is 44.2 Å². The van der Waals surface area contributed by atoms with Gasteiger partial charge < -0.3 is 10.1 Å². The van der Waals surface area contributed by atoms with Crippen LogP contribution in [0.1, 0.15) is 34.1 Å². The molecule has 0 aliphatic heterocycles. The lowest BCUT2D eigenvalue weighted by molar-refractivity contribution is -0.123. The van der Waals surface area contributed by atoms with Crippen molar-refractivity contribution in [1.82, 2.24) is 0 Å². The summed E-state index contributed by atoms with van der Waals surface area (Å²) >= 11 is 0. The van der Waals surface area contributed by atoms with Gasteiger partial charge in [-0.15, -0.1) is 6.58 Å². The largest absolute Gasteiger partial charge is 0.490 e. The van der Waals surface area contributed by atoms with E-state index in [1.54, 1.807) is 6.08 Å². The zero-order valence-corrected chi connectivity index (χ0v) is 14.3. The molecule has 0 radical (unpaired) electrons. The zero-order valence-electron chi connectivity index (χ0n) is 14.3. The van der Waals surface area contributed by atoms with Crippen molar-refractivity contribution in [3.63, 3.8) is 0 Å². The summed E-state index contributed by atoms with van der Waals surface area (Å²) in [5.74, 6) is 0.819. The number of hydrogen-bond donors (Lipinski definition) is 1. The van der Waals surface area contributed by atoms with Gasteiger partial charge in [-0.2, -0.15) is 0 Å². The predicted molar refractivity (Wildman–Crippen MR) is 96.9 cm³/mol. The smallest absolute Gasteiger partial charge is 0.230 e. The van der Waals surface area contributed by atoms with E-state index in [2.05, 4.69) is 11.9 Å². The molecular formula is C20H25NO2. The van der Waals surface area contributed by atoms with Gasteiger partial charge in [0.25, 0.3) is 0 Å². The third-order valence-electron chi connectivity index (χ3n) is 3.76. The Morgan fingerprint density at radius 1 is 1.22 bits per heavy atom. The van der Waals surface area contributed by atoms with Crippen molar-refractivity contribution in [3.05, 3.63) is 49.1 Å². The molecule has 2 aromatic rings. The number of amides is 1. The number of rotatable bonds is 6. The average Bonchev–Trinajstić information content (AvgIpc) is 2.49. The molecule has 0 saturated heterocycles. The highest BCUT2D eigenvalue weighted by Crippen LogP contribution is 2.33. The predicted octanol–water partition coefficient (Wildman–Crippen LogP) is 5.17. The van der Waals surface area contributed by atoms with Crippen LogP contribution < -0.4 is 10.1 Å². The van der Waals surface area contributed by atoms with Crippen LogP contribution >= 0.6 is 0 Å². The van der Waals surface area contributed by atoms with Crippen LogP contribution in [-0.2, 0) is 4.79 Å². The van der Waals surface area contributed by atoms with Crippen LogP contribution in [0.2, 0.25) is 0 Å². The Kier molecular flexibility index (Phi) is 5.09. The van der Waals surface area contributed by atoms with Crippen LogP contribution in [0.25, 0.3) is 10.8 Å². The first-order chi connectivity index (χ1) is 10.8. The maximum atomic E-state index is 12.5. The van der Waals surface area contributed by atoms with Gasteiger partial charge in [0.05, 0.1) is 6.10 Å². The van der Waals surface area contributed by atoms with Gasteiger partial charge in [0, 0.05) is 21.9 Å². The van der Waals surface area contributed by atoms with Crippen LogP contribution in [0.15, 0.2) is 49.1 Å². The lowest BCUT2D eigenvalue weighted by Crippen LogP contribution is -2.30. The summed E-state index contributed by atoms with van der Waals surface area (Å²) in [6.45, 7) is 11.6. The van der Waals surface area contributed by atoms with E-state index in [1.165, 1.54) is 0 Å². The van der Waals surface area contributed by atoms with Gasteiger partial charge in [0.15, 0.2) is 0 Å². The third kappa shape index (κ3) is 3.92. The van der Waals surface area contributed by atoms with Gasteiger partial charge in [-0.05, 0) is 32.4 Å². The quantitative estimate of drug-likeness (QED) is 0.748. The Morgan fingerprint density at radius 3 is 2.48 bits per heavy atom. The van der Waals surface area contributed by atoms with Crippen molar-refractivity contribution in [1.29, 1.82) is 0 Å². The second-order valence-corrected chi connectivity index (χ2v) is 6.65. The minimum atomic E-state index is -0.490. The maximum Gasteiger partial charge on any atom is 0.230 e. The SMILES string of the molecule is C=CCC(C)(C)C(=O)Nc1ccc(OC(C)C)c2ccccc12. The molecule has 1 N–H and O–H groups in total. The molecule has 2 rings (SSSR count). The summed E-state index contributed by atoms with van der Waals surface area (Å²) in [5.41, 5.74) is 0.314. The molecule has 0 aliphatic rings. The molecule has 3 nitrogen and oxygen atoms in total. The fourth-order valence-electron chi connectivity index (χ4n) is 2.48. The maximum absolute atomic E-state index is 12.5. The highest BCUT2D eigenvalue weighted by molar-refractivity contribution is 6.05. The minimum Gasteiger partial charge on any atom is -0.490 e. The van der Waals surface area contributed by atoms with Crippen molar-refractivity contribution >= 4 is 22.4 Å². The Balaban J connectivity index is 2.39. The molecule has 0 heterocycles. The van der Waals surface area contributed by atoms with Crippen molar-refractivity contribution in [2.45, 2.75) is 40.2 Å². The van der Waals surface area contributed by atoms with Crippen LogP contribution in [0.4, 0.5) is 5.69 Å². The fraction of sp³-hybridized carbons (Fsp3) is 0.350. The summed E-state index contributed by atoms with van der Waals surface area (Å²) in [7, 11) is 0. The number of allylic oxidation sites excluding steroid dienone is 1. The van der Waals surface area contributed by atoms with Crippen molar-refractivity contribution in [3.8, 4) is 5.75 Å². The molecule has 23 heavy (non-hydrogen) atoms. The molecule has 122 valence electrons. The number of carbonyl (C=O) groups is 1. The lowest BCUT2D eigenvalue weighted by atomic mass is 9.88. The molecule has 0 fully saturated rings. The minimum absolute atomic E-state index is 0.0138. The van der Waals surface area contributed by atoms with Crippen molar-refractivity contribution in [2.24, 2.45) is 5.41 Å². The molecule has 0 unspecified atom stereocenters. The zero-order chi connectivity index (χ0) is 17.0. The molecule has 1 amide bonds. The molecule has 0 saturated carbocycles. The lowest BCUT2D eigenvalue weighted by Gasteiger charge is -2.23. The topological polar surface area (TPSA) is 38.3 Å². The molecule has 0 aromatic heterocycles. The van der Waals surface area contributed by atoms with E-state index in [4.69, 9.17) is 4.74 Å². The summed E-state index contributed by atoms with van der Waals surface area (Å²) in [6, 6.07) is 11.8. The summed E-state index contributed by atoms with van der Waals surface area (Å²) in [6.07, 6.45) is 2.51. The van der Waals surface area contributed by atoms with Crippen LogP contribution in [0.5, 0.6) is 5.75 Å². The number of ether oxygens (including phenoxy) is 1. The normalized spacial score (nSPS) is 11.5. The Hall–Kier alpha value is -2.29. The van der Waals surface area contributed by atoms with Gasteiger partial charge >= 0.3 is 0 Å². The van der Waals surface area contributed by atoms with Gasteiger partial charge in [0.1, 0.15) is 5.75 Å². The van der Waals surface area contributed by atoms with E-state index in [9.17, 15) is 4.79 Å². The van der Waals surface area contributed by atoms with Crippen LogP contribution in [-0.4, -0.2) is 12.0 Å². The molecule has 0 atom stereocenters. The summed E-state index contributed by atoms with van der Waals surface area (Å²) in [4.78, 5) is 12.5. The highest BCUT2D eigenvalue weighted by Gasteiger charge is 2.26. The van der Waals surface area contributed by atoms with Gasteiger partial charge in [0.2, 0.25) is 5.91 Å². The van der Waals surface area contributed by atoms with Crippen molar-refractivity contribution in [2.75, 3.05) is 5.32 Å².